The fourth-order valence-corrected chi connectivity index (χ4v) is 8.13. The minimum Gasteiger partial charge on any atom is -0.462 e. The van der Waals surface area contributed by atoms with E-state index in [1.54, 1.807) is 20.8 Å². The average Bonchev–Trinajstić information content (AvgIpc) is 3.37. The fourth-order valence-electron chi connectivity index (χ4n) is 5.09. The molecule has 5 rings (SSSR count). The highest BCUT2D eigenvalue weighted by molar-refractivity contribution is 8.00. The Kier molecular flexibility index (Phi) is 7.56. The Morgan fingerprint density at radius 3 is 2.38 bits per heavy atom. The molecule has 1 N–H and O–H groups in total. The summed E-state index contributed by atoms with van der Waals surface area (Å²) in [6.45, 7) is 4.93. The monoisotopic (exact) mass is 619 g/mol. The van der Waals surface area contributed by atoms with Gasteiger partial charge in [0.2, 0.25) is 17.7 Å². The molecule has 0 spiro atoms. The standard InChI is InChI=1S/C28H24F3N3O6S2/c1-4-40-25(38)14-8-10-16(11-9-14)32-18(35)13-33-24-21(42-26(33)39)27(2,3)19-20(41-24)23(37)34(22(19)36)17-7-5-6-15(12-17)28(29,30)31/h5-12,19-20H,4,13H2,1-3H3,(H,32,35)/t19-,20+/m1/s1. The largest absolute Gasteiger partial charge is 0.462 e. The minimum atomic E-state index is -4.66. The maximum absolute atomic E-state index is 13.5. The molecule has 2 aliphatic heterocycles. The molecule has 3 heterocycles. The lowest BCUT2D eigenvalue weighted by Crippen LogP contribution is -2.42. The normalized spacial score (nSPS) is 19.3. The van der Waals surface area contributed by atoms with Crippen LogP contribution in [0.2, 0.25) is 0 Å². The number of nitrogens with one attached hydrogen (secondary N) is 1. The number of fused-ring (bicyclic) bond motifs is 2. The van der Waals surface area contributed by atoms with E-state index in [-0.39, 0.29) is 18.8 Å². The maximum atomic E-state index is 13.5. The van der Waals surface area contributed by atoms with Crippen LogP contribution in [0.4, 0.5) is 24.5 Å². The molecule has 0 unspecified atom stereocenters. The van der Waals surface area contributed by atoms with E-state index >= 15 is 0 Å². The number of thiazole rings is 1. The first-order valence-corrected chi connectivity index (χ1v) is 14.5. The molecule has 42 heavy (non-hydrogen) atoms. The number of thioether (sulfide) groups is 1. The first-order chi connectivity index (χ1) is 19.7. The van der Waals surface area contributed by atoms with Gasteiger partial charge in [-0.3, -0.25) is 23.7 Å². The maximum Gasteiger partial charge on any atom is 0.416 e. The van der Waals surface area contributed by atoms with Crippen LogP contribution in [-0.2, 0) is 37.3 Å². The van der Waals surface area contributed by atoms with Gasteiger partial charge < -0.3 is 10.1 Å². The summed E-state index contributed by atoms with van der Waals surface area (Å²) in [7, 11) is 0. The van der Waals surface area contributed by atoms with E-state index in [0.29, 0.717) is 21.2 Å². The fraction of sp³-hybridized carbons (Fsp3) is 0.321. The summed E-state index contributed by atoms with van der Waals surface area (Å²) >= 11 is 1.82. The molecule has 220 valence electrons. The number of aromatic nitrogens is 1. The van der Waals surface area contributed by atoms with Crippen LogP contribution < -0.4 is 15.1 Å². The molecule has 1 aromatic heterocycles. The Hall–Kier alpha value is -3.91. The van der Waals surface area contributed by atoms with Gasteiger partial charge in [0.15, 0.2) is 0 Å². The molecule has 3 aromatic rings. The predicted molar refractivity (Wildman–Crippen MR) is 150 cm³/mol. The van der Waals surface area contributed by atoms with E-state index in [0.717, 1.165) is 46.2 Å². The number of esters is 1. The van der Waals surface area contributed by atoms with Crippen molar-refractivity contribution >= 4 is 58.2 Å². The number of alkyl halides is 3. The highest BCUT2D eigenvalue weighted by Gasteiger charge is 2.59. The van der Waals surface area contributed by atoms with E-state index in [1.807, 2.05) is 0 Å². The number of halogens is 3. The van der Waals surface area contributed by atoms with Gasteiger partial charge in [-0.25, -0.2) is 9.69 Å². The van der Waals surface area contributed by atoms with Crippen LogP contribution in [0.15, 0.2) is 58.4 Å². The van der Waals surface area contributed by atoms with Crippen molar-refractivity contribution in [3.8, 4) is 0 Å². The van der Waals surface area contributed by atoms with Gasteiger partial charge in [0.05, 0.1) is 34.4 Å². The smallest absolute Gasteiger partial charge is 0.416 e. The summed E-state index contributed by atoms with van der Waals surface area (Å²) in [6.07, 6.45) is -4.66. The number of ether oxygens (including phenoxy) is 1. The lowest BCUT2D eigenvalue weighted by molar-refractivity contribution is -0.137. The third kappa shape index (κ3) is 5.13. The third-order valence-electron chi connectivity index (χ3n) is 7.12. The summed E-state index contributed by atoms with van der Waals surface area (Å²) in [4.78, 5) is 65.7. The molecule has 14 heteroatoms. The highest BCUT2D eigenvalue weighted by atomic mass is 32.2. The van der Waals surface area contributed by atoms with Gasteiger partial charge in [-0.15, -0.1) is 0 Å². The molecular formula is C28H24F3N3O6S2. The zero-order valence-electron chi connectivity index (χ0n) is 22.5. The van der Waals surface area contributed by atoms with E-state index in [9.17, 15) is 37.1 Å². The lowest BCUT2D eigenvalue weighted by atomic mass is 9.76. The molecule has 0 bridgehead atoms. The Balaban J connectivity index is 1.40. The van der Waals surface area contributed by atoms with Gasteiger partial charge in [0.1, 0.15) is 11.8 Å². The minimum absolute atomic E-state index is 0.181. The Morgan fingerprint density at radius 2 is 1.74 bits per heavy atom. The van der Waals surface area contributed by atoms with Crippen molar-refractivity contribution < 1.29 is 37.1 Å². The van der Waals surface area contributed by atoms with Crippen LogP contribution in [0.1, 0.15) is 41.6 Å². The van der Waals surface area contributed by atoms with Crippen LogP contribution in [0, 0.1) is 5.92 Å². The zero-order chi connectivity index (χ0) is 30.6. The Bertz CT molecular complexity index is 1660. The van der Waals surface area contributed by atoms with Crippen LogP contribution >= 0.6 is 23.1 Å². The van der Waals surface area contributed by atoms with Crippen molar-refractivity contribution in [2.75, 3.05) is 16.8 Å². The van der Waals surface area contributed by atoms with Gasteiger partial charge in [-0.2, -0.15) is 13.2 Å². The quantitative estimate of drug-likeness (QED) is 0.315. The number of nitrogens with zero attached hydrogens (tertiary/aromatic N) is 2. The van der Waals surface area contributed by atoms with Crippen molar-refractivity contribution in [2.45, 2.75) is 49.2 Å². The average molecular weight is 620 g/mol. The lowest BCUT2D eigenvalue weighted by Gasteiger charge is -2.36. The van der Waals surface area contributed by atoms with Crippen molar-refractivity contribution in [2.24, 2.45) is 5.92 Å². The zero-order valence-corrected chi connectivity index (χ0v) is 24.1. The topological polar surface area (TPSA) is 115 Å². The molecule has 0 aliphatic carbocycles. The van der Waals surface area contributed by atoms with Crippen LogP contribution in [0.3, 0.4) is 0 Å². The third-order valence-corrected chi connectivity index (χ3v) is 9.94. The molecule has 1 fully saturated rings. The van der Waals surface area contributed by atoms with Crippen molar-refractivity contribution in [3.63, 3.8) is 0 Å². The first kappa shape index (κ1) is 29.6. The van der Waals surface area contributed by atoms with Crippen LogP contribution in [0.25, 0.3) is 0 Å². The van der Waals surface area contributed by atoms with Gasteiger partial charge in [0, 0.05) is 16.0 Å². The molecule has 2 aromatic carbocycles. The summed E-state index contributed by atoms with van der Waals surface area (Å²) in [6, 6.07) is 10.0. The molecule has 3 amide bonds. The molecule has 9 nitrogen and oxygen atoms in total. The number of amides is 3. The molecule has 2 atom stereocenters. The second-order valence-electron chi connectivity index (χ2n) is 10.2. The number of hydrogen-bond acceptors (Lipinski definition) is 8. The Labute approximate surface area is 245 Å². The summed E-state index contributed by atoms with van der Waals surface area (Å²) in [5, 5.41) is 2.02. The van der Waals surface area contributed by atoms with E-state index in [2.05, 4.69) is 5.32 Å². The highest BCUT2D eigenvalue weighted by Crippen LogP contribution is 2.54. The van der Waals surface area contributed by atoms with Crippen molar-refractivity contribution in [3.05, 3.63) is 74.2 Å². The first-order valence-electron chi connectivity index (χ1n) is 12.8. The van der Waals surface area contributed by atoms with Gasteiger partial charge in [0.25, 0.3) is 0 Å². The summed E-state index contributed by atoms with van der Waals surface area (Å²) < 4.78 is 46.2. The summed E-state index contributed by atoms with van der Waals surface area (Å²) in [5.41, 5.74) is -1.51. The molecule has 0 radical (unpaired) electrons. The van der Waals surface area contributed by atoms with Crippen molar-refractivity contribution in [1.29, 1.82) is 0 Å². The number of anilines is 2. The van der Waals surface area contributed by atoms with Gasteiger partial charge in [-0.05, 0) is 49.4 Å². The Morgan fingerprint density at radius 1 is 1.05 bits per heavy atom. The second kappa shape index (κ2) is 10.7. The number of benzene rings is 2. The van der Waals surface area contributed by atoms with Crippen LogP contribution in [0.5, 0.6) is 0 Å². The molecule has 0 saturated carbocycles. The molecular weight excluding hydrogens is 595 g/mol. The van der Waals surface area contributed by atoms with E-state index < -0.39 is 56.9 Å². The van der Waals surface area contributed by atoms with E-state index in [4.69, 9.17) is 4.74 Å². The molecule has 1 saturated heterocycles. The van der Waals surface area contributed by atoms with Crippen molar-refractivity contribution in [1.82, 2.24) is 4.57 Å². The number of carbonyl (C=O) groups excluding carboxylic acids is 4. The molecule has 2 aliphatic rings. The predicted octanol–water partition coefficient (Wildman–Crippen LogP) is 4.69. The SMILES string of the molecule is CCOC(=O)c1ccc(NC(=O)Cn2c3c(sc2=O)C(C)(C)[C@H]2C(=O)N(c4cccc(C(F)(F)F)c4)C(=O)[C@H]2S3)cc1. The number of rotatable bonds is 6. The number of imide groups is 1. The second-order valence-corrected chi connectivity index (χ2v) is 12.3. The van der Waals surface area contributed by atoms with Crippen LogP contribution in [-0.4, -0.2) is 40.1 Å². The number of hydrogen-bond donors (Lipinski definition) is 1. The summed E-state index contributed by atoms with van der Waals surface area (Å²) in [5.74, 6) is -3.32. The van der Waals surface area contributed by atoms with Gasteiger partial charge in [-0.1, -0.05) is 43.0 Å². The number of carbonyl (C=O) groups is 4. The van der Waals surface area contributed by atoms with Gasteiger partial charge >= 0.3 is 17.0 Å². The van der Waals surface area contributed by atoms with E-state index in [1.165, 1.54) is 34.9 Å².